The van der Waals surface area contributed by atoms with Crippen molar-refractivity contribution in [2.45, 2.75) is 25.7 Å². The van der Waals surface area contributed by atoms with Crippen LogP contribution >= 0.6 is 0 Å². The molecular weight excluding hydrogens is 260 g/mol. The summed E-state index contributed by atoms with van der Waals surface area (Å²) in [7, 11) is 0. The molecule has 0 bridgehead atoms. The summed E-state index contributed by atoms with van der Waals surface area (Å²) in [5, 5.41) is 0. The van der Waals surface area contributed by atoms with Crippen LogP contribution in [0.5, 0.6) is 0 Å². The first kappa shape index (κ1) is 12.5. The second-order valence-corrected chi connectivity index (χ2v) is 5.88. The maximum Gasteiger partial charge on any atom is 0.227 e. The third-order valence-corrected chi connectivity index (χ3v) is 4.21. The summed E-state index contributed by atoms with van der Waals surface area (Å²) in [5.41, 5.74) is 10.9. The number of nitrogens with zero attached hydrogens (tertiary/aromatic N) is 1. The van der Waals surface area contributed by atoms with Gasteiger partial charge in [0.25, 0.3) is 0 Å². The number of hydrogen-bond acceptors (Lipinski definition) is 3. The summed E-state index contributed by atoms with van der Waals surface area (Å²) in [6, 6.07) is 13.9. The van der Waals surface area contributed by atoms with Crippen LogP contribution in [0.4, 0.5) is 5.69 Å². The summed E-state index contributed by atoms with van der Waals surface area (Å²) in [6.45, 7) is 0. The van der Waals surface area contributed by atoms with Gasteiger partial charge in [0.05, 0.1) is 0 Å². The molecule has 3 heteroatoms. The summed E-state index contributed by atoms with van der Waals surface area (Å²) in [4.78, 5) is 4.52. The van der Waals surface area contributed by atoms with E-state index < -0.39 is 0 Å². The molecule has 2 aromatic carbocycles. The van der Waals surface area contributed by atoms with Gasteiger partial charge in [-0.1, -0.05) is 31.0 Å². The van der Waals surface area contributed by atoms with Crippen molar-refractivity contribution in [3.05, 3.63) is 48.0 Å². The smallest absolute Gasteiger partial charge is 0.227 e. The van der Waals surface area contributed by atoms with Gasteiger partial charge in [0.2, 0.25) is 5.89 Å². The first-order valence-corrected chi connectivity index (χ1v) is 7.54. The van der Waals surface area contributed by atoms with Crippen molar-refractivity contribution in [3.8, 4) is 11.5 Å². The van der Waals surface area contributed by atoms with Crippen molar-refractivity contribution in [2.24, 2.45) is 5.92 Å². The zero-order chi connectivity index (χ0) is 14.2. The SMILES string of the molecule is Nc1cc(-c2nc3ccccc3o2)ccc1CCC1CC1. The number of anilines is 1. The molecule has 0 saturated heterocycles. The van der Waals surface area contributed by atoms with Gasteiger partial charge in [0, 0.05) is 11.3 Å². The summed E-state index contributed by atoms with van der Waals surface area (Å²) < 4.78 is 5.79. The van der Waals surface area contributed by atoms with E-state index in [-0.39, 0.29) is 0 Å². The first-order valence-electron chi connectivity index (χ1n) is 7.54. The van der Waals surface area contributed by atoms with Crippen LogP contribution in [0.1, 0.15) is 24.8 Å². The molecule has 1 fully saturated rings. The largest absolute Gasteiger partial charge is 0.436 e. The van der Waals surface area contributed by atoms with Crippen LogP contribution in [0.15, 0.2) is 46.9 Å². The van der Waals surface area contributed by atoms with Gasteiger partial charge in [-0.3, -0.25) is 0 Å². The molecular formula is C18H18N2O. The molecule has 0 radical (unpaired) electrons. The molecule has 2 N–H and O–H groups in total. The van der Waals surface area contributed by atoms with E-state index in [9.17, 15) is 0 Å². The molecule has 0 aliphatic heterocycles. The molecule has 0 spiro atoms. The lowest BCUT2D eigenvalue weighted by Crippen LogP contribution is -1.96. The number of aryl methyl sites for hydroxylation is 1. The highest BCUT2D eigenvalue weighted by molar-refractivity contribution is 5.76. The lowest BCUT2D eigenvalue weighted by Gasteiger charge is -2.06. The van der Waals surface area contributed by atoms with Gasteiger partial charge in [-0.25, -0.2) is 4.98 Å². The molecule has 3 nitrogen and oxygen atoms in total. The van der Waals surface area contributed by atoms with Crippen LogP contribution in [-0.4, -0.2) is 4.98 Å². The van der Waals surface area contributed by atoms with E-state index in [4.69, 9.17) is 10.2 Å². The van der Waals surface area contributed by atoms with E-state index in [0.29, 0.717) is 5.89 Å². The molecule has 1 saturated carbocycles. The van der Waals surface area contributed by atoms with Gasteiger partial charge in [0.1, 0.15) is 5.52 Å². The van der Waals surface area contributed by atoms with Crippen LogP contribution in [-0.2, 0) is 6.42 Å². The number of para-hydroxylation sites is 2. The van der Waals surface area contributed by atoms with Gasteiger partial charge >= 0.3 is 0 Å². The number of hydrogen-bond donors (Lipinski definition) is 1. The van der Waals surface area contributed by atoms with Crippen molar-refractivity contribution < 1.29 is 4.42 Å². The van der Waals surface area contributed by atoms with Gasteiger partial charge in [0.15, 0.2) is 5.58 Å². The number of aromatic nitrogens is 1. The van der Waals surface area contributed by atoms with Gasteiger partial charge in [-0.2, -0.15) is 0 Å². The van der Waals surface area contributed by atoms with E-state index >= 15 is 0 Å². The zero-order valence-corrected chi connectivity index (χ0v) is 11.9. The topological polar surface area (TPSA) is 52.0 Å². The summed E-state index contributed by atoms with van der Waals surface area (Å²) in [5.74, 6) is 1.57. The first-order chi connectivity index (χ1) is 10.3. The molecule has 0 unspecified atom stereocenters. The van der Waals surface area contributed by atoms with E-state index in [0.717, 1.165) is 34.7 Å². The molecule has 1 aliphatic carbocycles. The van der Waals surface area contributed by atoms with Crippen LogP contribution < -0.4 is 5.73 Å². The maximum atomic E-state index is 6.19. The van der Waals surface area contributed by atoms with Gasteiger partial charge in [-0.15, -0.1) is 0 Å². The predicted molar refractivity (Wildman–Crippen MR) is 84.9 cm³/mol. The van der Waals surface area contributed by atoms with E-state index in [1.165, 1.54) is 24.8 Å². The molecule has 1 aromatic heterocycles. The minimum absolute atomic E-state index is 0.636. The highest BCUT2D eigenvalue weighted by atomic mass is 16.3. The van der Waals surface area contributed by atoms with Crippen LogP contribution in [0.25, 0.3) is 22.6 Å². The molecule has 106 valence electrons. The van der Waals surface area contributed by atoms with E-state index in [1.54, 1.807) is 0 Å². The Kier molecular flexibility index (Phi) is 2.92. The third kappa shape index (κ3) is 2.51. The normalized spacial score (nSPS) is 14.7. The number of oxazole rings is 1. The van der Waals surface area contributed by atoms with Gasteiger partial charge in [-0.05, 0) is 48.6 Å². The van der Waals surface area contributed by atoms with Crippen molar-refractivity contribution in [2.75, 3.05) is 5.73 Å². The average molecular weight is 278 g/mol. The summed E-state index contributed by atoms with van der Waals surface area (Å²) in [6.07, 6.45) is 5.11. The molecule has 3 aromatic rings. The zero-order valence-electron chi connectivity index (χ0n) is 11.9. The second kappa shape index (κ2) is 4.92. The second-order valence-electron chi connectivity index (χ2n) is 5.88. The minimum atomic E-state index is 0.636. The fraction of sp³-hybridized carbons (Fsp3) is 0.278. The highest BCUT2D eigenvalue weighted by Gasteiger charge is 2.21. The van der Waals surface area contributed by atoms with Crippen molar-refractivity contribution >= 4 is 16.8 Å². The molecule has 21 heavy (non-hydrogen) atoms. The quantitative estimate of drug-likeness (QED) is 0.719. The Labute approximate surface area is 123 Å². The van der Waals surface area contributed by atoms with E-state index in [1.807, 2.05) is 30.3 Å². The van der Waals surface area contributed by atoms with Crippen molar-refractivity contribution in [1.82, 2.24) is 4.98 Å². The number of rotatable bonds is 4. The van der Waals surface area contributed by atoms with Gasteiger partial charge < -0.3 is 10.2 Å². The van der Waals surface area contributed by atoms with E-state index in [2.05, 4.69) is 17.1 Å². The molecule has 1 heterocycles. The highest BCUT2D eigenvalue weighted by Crippen LogP contribution is 2.34. The Morgan fingerprint density at radius 3 is 2.76 bits per heavy atom. The van der Waals surface area contributed by atoms with Crippen molar-refractivity contribution in [3.63, 3.8) is 0 Å². The molecule has 0 atom stereocenters. The third-order valence-electron chi connectivity index (χ3n) is 4.21. The van der Waals surface area contributed by atoms with Crippen molar-refractivity contribution in [1.29, 1.82) is 0 Å². The molecule has 1 aliphatic rings. The maximum absolute atomic E-state index is 6.19. The number of benzene rings is 2. The summed E-state index contributed by atoms with van der Waals surface area (Å²) >= 11 is 0. The average Bonchev–Trinajstić information content (AvgIpc) is 3.22. The fourth-order valence-electron chi connectivity index (χ4n) is 2.72. The lowest BCUT2D eigenvalue weighted by molar-refractivity contribution is 0.620. The van der Waals surface area contributed by atoms with Crippen LogP contribution in [0.2, 0.25) is 0 Å². The Bertz CT molecular complexity index is 754. The Morgan fingerprint density at radius 1 is 1.14 bits per heavy atom. The van der Waals surface area contributed by atoms with Crippen LogP contribution in [0, 0.1) is 5.92 Å². The fourth-order valence-corrected chi connectivity index (χ4v) is 2.72. The number of fused-ring (bicyclic) bond motifs is 1. The standard InChI is InChI=1S/C18H18N2O/c19-15-11-14(10-9-13(15)8-7-12-5-6-12)18-20-16-3-1-2-4-17(16)21-18/h1-4,9-12H,5-8,19H2. The Hall–Kier alpha value is -2.29. The predicted octanol–water partition coefficient (Wildman–Crippen LogP) is 4.42. The van der Waals surface area contributed by atoms with Crippen LogP contribution in [0.3, 0.4) is 0 Å². The Morgan fingerprint density at radius 2 is 2.00 bits per heavy atom. The number of nitrogen functional groups attached to an aromatic ring is 1. The molecule has 4 rings (SSSR count). The number of nitrogens with two attached hydrogens (primary N) is 1. The Balaban J connectivity index is 1.63. The monoisotopic (exact) mass is 278 g/mol. The molecule has 0 amide bonds. The minimum Gasteiger partial charge on any atom is -0.436 e. The lowest BCUT2D eigenvalue weighted by atomic mass is 10.0.